The van der Waals surface area contributed by atoms with Crippen LogP contribution in [-0.2, 0) is 0 Å². The minimum atomic E-state index is -0.350. The number of hydrogen-bond acceptors (Lipinski definition) is 4. The number of amides is 2. The molecule has 2 heterocycles. The summed E-state index contributed by atoms with van der Waals surface area (Å²) in [6.07, 6.45) is 0. The summed E-state index contributed by atoms with van der Waals surface area (Å²) in [5.74, 6) is 0.332. The van der Waals surface area contributed by atoms with Crippen molar-refractivity contribution in [1.82, 2.24) is 14.7 Å². The van der Waals surface area contributed by atoms with Crippen molar-refractivity contribution >= 4 is 17.5 Å². The molecule has 0 bridgehead atoms. The molecule has 0 saturated carbocycles. The van der Waals surface area contributed by atoms with Crippen molar-refractivity contribution in [3.63, 3.8) is 0 Å². The van der Waals surface area contributed by atoms with E-state index >= 15 is 0 Å². The zero-order chi connectivity index (χ0) is 22.0. The average molecular weight is 421 g/mol. The number of nitrogens with one attached hydrogen (secondary N) is 1. The van der Waals surface area contributed by atoms with Gasteiger partial charge in [-0.1, -0.05) is 23.8 Å². The molecule has 2 aromatic carbocycles. The van der Waals surface area contributed by atoms with E-state index < -0.39 is 0 Å². The van der Waals surface area contributed by atoms with E-state index in [0.29, 0.717) is 48.9 Å². The minimum Gasteiger partial charge on any atom is -0.352 e. The monoisotopic (exact) mass is 421 g/mol. The molecule has 1 aromatic heterocycles. The lowest BCUT2D eigenvalue weighted by Gasteiger charge is -2.35. The highest BCUT2D eigenvalue weighted by Crippen LogP contribution is 2.17. The second-order valence-corrected chi connectivity index (χ2v) is 7.65. The molecule has 1 N–H and O–H groups in total. The first-order valence-corrected chi connectivity index (χ1v) is 10.2. The Kier molecular flexibility index (Phi) is 5.70. The van der Waals surface area contributed by atoms with Gasteiger partial charge in [0.2, 0.25) is 0 Å². The predicted molar refractivity (Wildman–Crippen MR) is 119 cm³/mol. The Labute approximate surface area is 179 Å². The summed E-state index contributed by atoms with van der Waals surface area (Å²) in [6.45, 7) is 5.80. The topological polar surface area (TPSA) is 70.5 Å². The number of urea groups is 1. The summed E-state index contributed by atoms with van der Waals surface area (Å²) in [4.78, 5) is 28.6. The molecule has 8 heteroatoms. The van der Waals surface area contributed by atoms with Gasteiger partial charge in [-0.2, -0.15) is 4.68 Å². The molecule has 2 amide bonds. The standard InChI is InChI=1S/C23H24FN5O2/c1-16-3-7-19(8-4-16)29-22(30)10-9-21(26-29)27-11-13-28(14-12-27)23(31)25-18-6-5-17(2)20(24)15-18/h3-10,15H,11-14H2,1-2H3,(H,25,31). The van der Waals surface area contributed by atoms with Gasteiger partial charge in [0.15, 0.2) is 0 Å². The highest BCUT2D eigenvalue weighted by Gasteiger charge is 2.22. The summed E-state index contributed by atoms with van der Waals surface area (Å²) in [5.41, 5.74) is 2.58. The van der Waals surface area contributed by atoms with Gasteiger partial charge in [0, 0.05) is 37.9 Å². The lowest BCUT2D eigenvalue weighted by atomic mass is 10.2. The molecule has 1 saturated heterocycles. The summed E-state index contributed by atoms with van der Waals surface area (Å²) in [6, 6.07) is 15.2. The van der Waals surface area contributed by atoms with Crippen molar-refractivity contribution < 1.29 is 9.18 Å². The molecule has 0 unspecified atom stereocenters. The molecule has 0 aliphatic carbocycles. The lowest BCUT2D eigenvalue weighted by Crippen LogP contribution is -2.50. The van der Waals surface area contributed by atoms with Crippen LogP contribution in [0.5, 0.6) is 0 Å². The van der Waals surface area contributed by atoms with Crippen LogP contribution in [0, 0.1) is 19.7 Å². The van der Waals surface area contributed by atoms with Gasteiger partial charge in [-0.3, -0.25) is 4.79 Å². The number of anilines is 2. The van der Waals surface area contributed by atoms with Crippen LogP contribution in [0.25, 0.3) is 5.69 Å². The molecular weight excluding hydrogens is 397 g/mol. The third-order valence-electron chi connectivity index (χ3n) is 5.38. The van der Waals surface area contributed by atoms with E-state index in [4.69, 9.17) is 0 Å². The minimum absolute atomic E-state index is 0.198. The second kappa shape index (κ2) is 8.59. The first kappa shape index (κ1) is 20.6. The molecule has 0 radical (unpaired) electrons. The quantitative estimate of drug-likeness (QED) is 0.704. The van der Waals surface area contributed by atoms with Crippen LogP contribution in [0.3, 0.4) is 0 Å². The fraction of sp³-hybridized carbons (Fsp3) is 0.261. The van der Waals surface area contributed by atoms with E-state index in [0.717, 1.165) is 5.56 Å². The number of benzene rings is 2. The van der Waals surface area contributed by atoms with Crippen molar-refractivity contribution in [2.75, 3.05) is 36.4 Å². The van der Waals surface area contributed by atoms with Gasteiger partial charge in [0.05, 0.1) is 5.69 Å². The van der Waals surface area contributed by atoms with Crippen molar-refractivity contribution in [2.24, 2.45) is 0 Å². The largest absolute Gasteiger partial charge is 0.352 e. The van der Waals surface area contributed by atoms with E-state index in [9.17, 15) is 14.0 Å². The van der Waals surface area contributed by atoms with Crippen LogP contribution >= 0.6 is 0 Å². The Morgan fingerprint density at radius 2 is 1.68 bits per heavy atom. The molecule has 0 spiro atoms. The maximum Gasteiger partial charge on any atom is 0.321 e. The van der Waals surface area contributed by atoms with Crippen LogP contribution in [-0.4, -0.2) is 46.9 Å². The van der Waals surface area contributed by atoms with Crippen LogP contribution in [0.15, 0.2) is 59.4 Å². The van der Waals surface area contributed by atoms with Gasteiger partial charge in [0.1, 0.15) is 11.6 Å². The Morgan fingerprint density at radius 1 is 0.968 bits per heavy atom. The van der Waals surface area contributed by atoms with Gasteiger partial charge >= 0.3 is 6.03 Å². The van der Waals surface area contributed by atoms with Gasteiger partial charge < -0.3 is 15.1 Å². The van der Waals surface area contributed by atoms with E-state index in [1.807, 2.05) is 36.1 Å². The molecule has 4 rings (SSSR count). The maximum absolute atomic E-state index is 13.7. The maximum atomic E-state index is 13.7. The molecule has 1 aliphatic rings. The SMILES string of the molecule is Cc1ccc(-n2nc(N3CCN(C(=O)Nc4ccc(C)c(F)c4)CC3)ccc2=O)cc1. The predicted octanol–water partition coefficient (Wildman–Crippen LogP) is 3.34. The van der Waals surface area contributed by atoms with Crippen LogP contribution in [0.2, 0.25) is 0 Å². The van der Waals surface area contributed by atoms with Gasteiger partial charge in [-0.05, 0) is 49.7 Å². The molecule has 1 aliphatic heterocycles. The normalized spacial score (nSPS) is 13.9. The Bertz CT molecular complexity index is 1150. The van der Waals surface area contributed by atoms with Crippen molar-refractivity contribution in [1.29, 1.82) is 0 Å². The Hall–Kier alpha value is -3.68. The molecule has 1 fully saturated rings. The third kappa shape index (κ3) is 4.58. The van der Waals surface area contributed by atoms with E-state index in [1.54, 1.807) is 30.0 Å². The number of aromatic nitrogens is 2. The highest BCUT2D eigenvalue weighted by atomic mass is 19.1. The number of carbonyl (C=O) groups is 1. The summed E-state index contributed by atoms with van der Waals surface area (Å²) in [7, 11) is 0. The highest BCUT2D eigenvalue weighted by molar-refractivity contribution is 5.89. The van der Waals surface area contributed by atoms with E-state index in [2.05, 4.69) is 10.4 Å². The average Bonchev–Trinajstić information content (AvgIpc) is 2.77. The summed E-state index contributed by atoms with van der Waals surface area (Å²) >= 11 is 0. The second-order valence-electron chi connectivity index (χ2n) is 7.65. The van der Waals surface area contributed by atoms with E-state index in [1.165, 1.54) is 16.8 Å². The van der Waals surface area contributed by atoms with Crippen LogP contribution < -0.4 is 15.8 Å². The zero-order valence-electron chi connectivity index (χ0n) is 17.5. The molecule has 3 aromatic rings. The number of rotatable bonds is 3. The van der Waals surface area contributed by atoms with E-state index in [-0.39, 0.29) is 17.4 Å². The first-order valence-electron chi connectivity index (χ1n) is 10.2. The lowest BCUT2D eigenvalue weighted by molar-refractivity contribution is 0.208. The fourth-order valence-corrected chi connectivity index (χ4v) is 3.45. The van der Waals surface area contributed by atoms with Crippen molar-refractivity contribution in [3.8, 4) is 5.69 Å². The molecule has 0 atom stereocenters. The van der Waals surface area contributed by atoms with Gasteiger partial charge in [0.25, 0.3) is 5.56 Å². The van der Waals surface area contributed by atoms with Crippen LogP contribution in [0.1, 0.15) is 11.1 Å². The van der Waals surface area contributed by atoms with Crippen molar-refractivity contribution in [3.05, 3.63) is 81.9 Å². The van der Waals surface area contributed by atoms with Crippen LogP contribution in [0.4, 0.5) is 20.7 Å². The van der Waals surface area contributed by atoms with Gasteiger partial charge in [-0.15, -0.1) is 5.10 Å². The molecule has 31 heavy (non-hydrogen) atoms. The number of aryl methyl sites for hydroxylation is 2. The number of hydrogen-bond donors (Lipinski definition) is 1. The first-order chi connectivity index (χ1) is 14.9. The number of piperazine rings is 1. The number of halogens is 1. The Morgan fingerprint density at radius 3 is 2.35 bits per heavy atom. The van der Waals surface area contributed by atoms with Crippen molar-refractivity contribution in [2.45, 2.75) is 13.8 Å². The third-order valence-corrected chi connectivity index (χ3v) is 5.38. The number of carbonyl (C=O) groups excluding carboxylic acids is 1. The molecule has 7 nitrogen and oxygen atoms in total. The summed E-state index contributed by atoms with van der Waals surface area (Å²) in [5, 5.41) is 7.27. The fourth-order valence-electron chi connectivity index (χ4n) is 3.45. The Balaban J connectivity index is 1.42. The number of nitrogens with zero attached hydrogens (tertiary/aromatic N) is 4. The van der Waals surface area contributed by atoms with Gasteiger partial charge in [-0.25, -0.2) is 9.18 Å². The zero-order valence-corrected chi connectivity index (χ0v) is 17.5. The molecule has 160 valence electrons. The smallest absolute Gasteiger partial charge is 0.321 e. The molecular formula is C23H24FN5O2. The summed E-state index contributed by atoms with van der Waals surface area (Å²) < 4.78 is 15.1.